The third-order valence-electron chi connectivity index (χ3n) is 5.70. The van der Waals surface area contributed by atoms with E-state index in [2.05, 4.69) is 30.0 Å². The van der Waals surface area contributed by atoms with Gasteiger partial charge in [-0.2, -0.15) is 23.0 Å². The lowest BCUT2D eigenvalue weighted by molar-refractivity contribution is -0.136. The molecule has 164 valence electrons. The SMILES string of the molecule is C[C@@H](c1ncnn1-c1ncccn1)N(C)c1ncnc2c(C(F)(F)F)cc(C3CC3)cc12. The molecular weight excluding hydrogens is 421 g/mol. The van der Waals surface area contributed by atoms with E-state index in [1.807, 2.05) is 6.92 Å². The van der Waals surface area contributed by atoms with Crippen molar-refractivity contribution < 1.29 is 13.2 Å². The summed E-state index contributed by atoms with van der Waals surface area (Å²) < 4.78 is 43.0. The van der Waals surface area contributed by atoms with Crippen molar-refractivity contribution in [3.05, 3.63) is 60.2 Å². The molecule has 0 amide bonds. The Morgan fingerprint density at radius 2 is 1.78 bits per heavy atom. The lowest BCUT2D eigenvalue weighted by atomic mass is 10.0. The van der Waals surface area contributed by atoms with Crippen LogP contribution in [0.5, 0.6) is 0 Å². The number of nitrogens with zero attached hydrogens (tertiary/aromatic N) is 8. The minimum atomic E-state index is -4.51. The summed E-state index contributed by atoms with van der Waals surface area (Å²) >= 11 is 0. The molecule has 32 heavy (non-hydrogen) atoms. The van der Waals surface area contributed by atoms with E-state index in [1.165, 1.54) is 17.1 Å². The van der Waals surface area contributed by atoms with Crippen molar-refractivity contribution in [3.8, 4) is 5.95 Å². The number of alkyl halides is 3. The number of hydrogen-bond donors (Lipinski definition) is 0. The summed E-state index contributed by atoms with van der Waals surface area (Å²) in [6.07, 6.45) is 3.01. The van der Waals surface area contributed by atoms with Gasteiger partial charge in [-0.05, 0) is 49.4 Å². The maximum absolute atomic E-state index is 13.8. The molecule has 0 unspecified atom stereocenters. The largest absolute Gasteiger partial charge is 0.418 e. The molecule has 1 atom stereocenters. The Morgan fingerprint density at radius 1 is 1.03 bits per heavy atom. The average Bonchev–Trinajstić information content (AvgIpc) is 3.53. The average molecular weight is 440 g/mol. The van der Waals surface area contributed by atoms with Gasteiger partial charge in [-0.3, -0.25) is 0 Å². The fourth-order valence-corrected chi connectivity index (χ4v) is 3.77. The van der Waals surface area contributed by atoms with Crippen LogP contribution in [0, 0.1) is 0 Å². The summed E-state index contributed by atoms with van der Waals surface area (Å²) in [6, 6.07) is 4.31. The summed E-state index contributed by atoms with van der Waals surface area (Å²) in [5, 5.41) is 4.57. The normalized spacial score (nSPS) is 15.2. The van der Waals surface area contributed by atoms with Crippen molar-refractivity contribution in [1.82, 2.24) is 34.7 Å². The maximum Gasteiger partial charge on any atom is 0.418 e. The predicted octanol–water partition coefficient (Wildman–Crippen LogP) is 4.09. The standard InChI is InChI=1S/C21H19F3N8/c1-12(18-29-11-30-32(18)20-25-6-3-7-26-20)31(2)19-15-8-14(13-4-5-13)9-16(21(22,23)24)17(15)27-10-28-19/h3,6-13H,4-5H2,1-2H3/t12-/m0/s1. The topological polar surface area (TPSA) is 85.5 Å². The number of rotatable bonds is 5. The molecular formula is C21H19F3N8. The molecule has 0 bridgehead atoms. The van der Waals surface area contributed by atoms with Gasteiger partial charge in [0.2, 0.25) is 0 Å². The van der Waals surface area contributed by atoms with Gasteiger partial charge in [-0.25, -0.2) is 24.9 Å². The molecule has 0 N–H and O–H groups in total. The first-order valence-corrected chi connectivity index (χ1v) is 10.1. The summed E-state index contributed by atoms with van der Waals surface area (Å²) in [6.45, 7) is 1.87. The van der Waals surface area contributed by atoms with Crippen molar-refractivity contribution in [1.29, 1.82) is 0 Å². The smallest absolute Gasteiger partial charge is 0.349 e. The van der Waals surface area contributed by atoms with Gasteiger partial charge >= 0.3 is 6.18 Å². The van der Waals surface area contributed by atoms with E-state index in [9.17, 15) is 13.2 Å². The van der Waals surface area contributed by atoms with Crippen LogP contribution >= 0.6 is 0 Å². The molecule has 1 aliphatic carbocycles. The third kappa shape index (κ3) is 3.53. The quantitative estimate of drug-likeness (QED) is 0.462. The minimum Gasteiger partial charge on any atom is -0.349 e. The molecule has 0 radical (unpaired) electrons. The van der Waals surface area contributed by atoms with Gasteiger partial charge in [-0.1, -0.05) is 0 Å². The number of halogens is 3. The summed E-state index contributed by atoms with van der Waals surface area (Å²) in [5.74, 6) is 1.41. The molecule has 1 fully saturated rings. The van der Waals surface area contributed by atoms with E-state index in [4.69, 9.17) is 0 Å². The Bertz CT molecular complexity index is 1270. The van der Waals surface area contributed by atoms with E-state index in [0.29, 0.717) is 28.5 Å². The van der Waals surface area contributed by atoms with Gasteiger partial charge in [0.15, 0.2) is 5.82 Å². The van der Waals surface area contributed by atoms with Gasteiger partial charge in [0.25, 0.3) is 5.95 Å². The number of benzene rings is 1. The lowest BCUT2D eigenvalue weighted by Crippen LogP contribution is -2.26. The number of hydrogen-bond acceptors (Lipinski definition) is 7. The Labute approximate surface area is 181 Å². The van der Waals surface area contributed by atoms with E-state index in [1.54, 1.807) is 36.5 Å². The van der Waals surface area contributed by atoms with E-state index < -0.39 is 17.8 Å². The van der Waals surface area contributed by atoms with Crippen molar-refractivity contribution in [2.45, 2.75) is 37.9 Å². The Morgan fingerprint density at radius 3 is 2.47 bits per heavy atom. The van der Waals surface area contributed by atoms with Crippen LogP contribution in [0.15, 0.2) is 43.2 Å². The molecule has 5 rings (SSSR count). The predicted molar refractivity (Wildman–Crippen MR) is 110 cm³/mol. The van der Waals surface area contributed by atoms with Crippen molar-refractivity contribution in [2.75, 3.05) is 11.9 Å². The molecule has 1 saturated carbocycles. The van der Waals surface area contributed by atoms with Crippen LogP contribution in [0.1, 0.15) is 48.7 Å². The maximum atomic E-state index is 13.8. The van der Waals surface area contributed by atoms with Gasteiger partial charge in [-0.15, -0.1) is 0 Å². The highest BCUT2D eigenvalue weighted by Gasteiger charge is 2.36. The molecule has 4 aromatic rings. The highest BCUT2D eigenvalue weighted by atomic mass is 19.4. The molecule has 0 spiro atoms. The monoisotopic (exact) mass is 440 g/mol. The number of aromatic nitrogens is 7. The molecule has 1 aliphatic rings. The van der Waals surface area contributed by atoms with Crippen LogP contribution in [0.2, 0.25) is 0 Å². The summed E-state index contributed by atoms with van der Waals surface area (Å²) in [7, 11) is 1.76. The zero-order valence-electron chi connectivity index (χ0n) is 17.3. The minimum absolute atomic E-state index is 0.112. The zero-order chi connectivity index (χ0) is 22.5. The van der Waals surface area contributed by atoms with Crippen molar-refractivity contribution >= 4 is 16.7 Å². The molecule has 1 aromatic carbocycles. The third-order valence-corrected chi connectivity index (χ3v) is 5.70. The van der Waals surface area contributed by atoms with Crippen LogP contribution in [0.25, 0.3) is 16.9 Å². The first-order valence-electron chi connectivity index (χ1n) is 10.1. The number of anilines is 1. The molecule has 8 nitrogen and oxygen atoms in total. The lowest BCUT2D eigenvalue weighted by Gasteiger charge is -2.26. The Hall–Kier alpha value is -3.63. The van der Waals surface area contributed by atoms with Gasteiger partial charge < -0.3 is 4.90 Å². The second-order valence-corrected chi connectivity index (χ2v) is 7.80. The van der Waals surface area contributed by atoms with Crippen molar-refractivity contribution in [3.63, 3.8) is 0 Å². The molecule has 3 heterocycles. The van der Waals surface area contributed by atoms with Gasteiger partial charge in [0.05, 0.1) is 17.1 Å². The summed E-state index contributed by atoms with van der Waals surface area (Å²) in [4.78, 5) is 22.8. The highest BCUT2D eigenvalue weighted by molar-refractivity contribution is 5.92. The molecule has 0 aliphatic heterocycles. The Kier molecular flexibility index (Phi) is 4.75. The van der Waals surface area contributed by atoms with Crippen LogP contribution in [-0.4, -0.2) is 41.7 Å². The molecule has 3 aromatic heterocycles. The number of fused-ring (bicyclic) bond motifs is 1. The Balaban J connectivity index is 1.61. The molecule has 11 heteroatoms. The van der Waals surface area contributed by atoms with E-state index in [0.717, 1.165) is 19.2 Å². The second kappa shape index (κ2) is 7.50. The van der Waals surface area contributed by atoms with E-state index in [-0.39, 0.29) is 11.4 Å². The fourth-order valence-electron chi connectivity index (χ4n) is 3.77. The first-order chi connectivity index (χ1) is 15.3. The van der Waals surface area contributed by atoms with Crippen LogP contribution < -0.4 is 4.90 Å². The van der Waals surface area contributed by atoms with Crippen molar-refractivity contribution in [2.24, 2.45) is 0 Å². The van der Waals surface area contributed by atoms with Crippen LogP contribution in [0.3, 0.4) is 0 Å². The second-order valence-electron chi connectivity index (χ2n) is 7.80. The fraction of sp³-hybridized carbons (Fsp3) is 0.333. The van der Waals surface area contributed by atoms with Gasteiger partial charge in [0, 0.05) is 24.8 Å². The van der Waals surface area contributed by atoms with Gasteiger partial charge in [0.1, 0.15) is 18.5 Å². The highest BCUT2D eigenvalue weighted by Crippen LogP contribution is 2.45. The zero-order valence-corrected chi connectivity index (χ0v) is 17.3. The first kappa shape index (κ1) is 20.3. The molecule has 0 saturated heterocycles. The van der Waals surface area contributed by atoms with E-state index >= 15 is 0 Å². The van der Waals surface area contributed by atoms with Crippen LogP contribution in [0.4, 0.5) is 19.0 Å². The van der Waals surface area contributed by atoms with Crippen LogP contribution in [-0.2, 0) is 6.18 Å². The summed E-state index contributed by atoms with van der Waals surface area (Å²) in [5.41, 5.74) is -0.177.